The lowest BCUT2D eigenvalue weighted by atomic mass is 10.1. The number of nitrogens with zero attached hydrogens (tertiary/aromatic N) is 2. The molecule has 1 aromatic carbocycles. The second-order valence-electron chi connectivity index (χ2n) is 4.23. The number of sulfonamides is 1. The summed E-state index contributed by atoms with van der Waals surface area (Å²) in [4.78, 5) is 0.127. The molecule has 0 aliphatic rings. The minimum atomic E-state index is -3.65. The van der Waals surface area contributed by atoms with Gasteiger partial charge in [0.2, 0.25) is 0 Å². The molecule has 102 valence electrons. The Bertz CT molecular complexity index is 660. The van der Waals surface area contributed by atoms with Crippen LogP contribution in [-0.2, 0) is 17.1 Å². The van der Waals surface area contributed by atoms with Crippen molar-refractivity contribution in [3.8, 4) is 0 Å². The van der Waals surface area contributed by atoms with E-state index in [-0.39, 0.29) is 10.7 Å². The van der Waals surface area contributed by atoms with Crippen LogP contribution in [0.1, 0.15) is 18.6 Å². The SMILES string of the molecule is CC(O)c1ccc(S(=O)(=O)Nc2ccn(C)n2)cc1. The third-order valence-corrected chi connectivity index (χ3v) is 4.00. The molecule has 19 heavy (non-hydrogen) atoms. The van der Waals surface area contributed by atoms with Gasteiger partial charge in [-0.15, -0.1) is 0 Å². The first-order valence-corrected chi connectivity index (χ1v) is 7.17. The number of hydrogen-bond acceptors (Lipinski definition) is 4. The lowest BCUT2D eigenvalue weighted by molar-refractivity contribution is 0.199. The van der Waals surface area contributed by atoms with E-state index in [0.29, 0.717) is 5.56 Å². The van der Waals surface area contributed by atoms with Crippen LogP contribution in [0.2, 0.25) is 0 Å². The molecular weight excluding hydrogens is 266 g/mol. The molecule has 2 aromatic rings. The van der Waals surface area contributed by atoms with E-state index in [2.05, 4.69) is 9.82 Å². The van der Waals surface area contributed by atoms with Gasteiger partial charge in [-0.1, -0.05) is 12.1 Å². The minimum absolute atomic E-state index is 0.127. The van der Waals surface area contributed by atoms with E-state index in [1.54, 1.807) is 38.4 Å². The van der Waals surface area contributed by atoms with Gasteiger partial charge in [0.25, 0.3) is 10.0 Å². The molecule has 0 saturated heterocycles. The maximum atomic E-state index is 12.1. The number of nitrogens with one attached hydrogen (secondary N) is 1. The second-order valence-corrected chi connectivity index (χ2v) is 5.91. The van der Waals surface area contributed by atoms with Crippen molar-refractivity contribution in [3.05, 3.63) is 42.1 Å². The summed E-state index contributed by atoms with van der Waals surface area (Å²) in [6, 6.07) is 7.64. The van der Waals surface area contributed by atoms with Crippen molar-refractivity contribution in [2.45, 2.75) is 17.9 Å². The summed E-state index contributed by atoms with van der Waals surface area (Å²) in [7, 11) is -1.95. The fourth-order valence-electron chi connectivity index (χ4n) is 1.59. The predicted octanol–water partition coefficient (Wildman–Crippen LogP) is 1.27. The molecule has 2 N–H and O–H groups in total. The highest BCUT2D eigenvalue weighted by Crippen LogP contribution is 2.18. The highest BCUT2D eigenvalue weighted by atomic mass is 32.2. The van der Waals surface area contributed by atoms with Crippen LogP contribution in [0.5, 0.6) is 0 Å². The molecule has 0 spiro atoms. The number of aliphatic hydroxyl groups excluding tert-OH is 1. The quantitative estimate of drug-likeness (QED) is 0.884. The molecule has 1 atom stereocenters. The Balaban J connectivity index is 2.24. The molecule has 1 heterocycles. The molecule has 0 aliphatic carbocycles. The van der Waals surface area contributed by atoms with Gasteiger partial charge in [-0.2, -0.15) is 5.10 Å². The van der Waals surface area contributed by atoms with Crippen LogP contribution in [0.15, 0.2) is 41.4 Å². The molecular formula is C12H15N3O3S. The lowest BCUT2D eigenvalue weighted by Crippen LogP contribution is -2.13. The maximum Gasteiger partial charge on any atom is 0.263 e. The molecule has 7 heteroatoms. The van der Waals surface area contributed by atoms with Gasteiger partial charge in [0.05, 0.1) is 11.0 Å². The molecule has 0 bridgehead atoms. The number of aryl methyl sites for hydroxylation is 1. The van der Waals surface area contributed by atoms with Crippen LogP contribution in [-0.4, -0.2) is 23.3 Å². The molecule has 0 saturated carbocycles. The average Bonchev–Trinajstić information content (AvgIpc) is 2.74. The monoisotopic (exact) mass is 281 g/mol. The highest BCUT2D eigenvalue weighted by Gasteiger charge is 2.15. The summed E-state index contributed by atoms with van der Waals surface area (Å²) in [6.07, 6.45) is 1.02. The predicted molar refractivity (Wildman–Crippen MR) is 71.1 cm³/mol. The molecule has 2 rings (SSSR count). The Morgan fingerprint density at radius 3 is 2.37 bits per heavy atom. The number of anilines is 1. The van der Waals surface area contributed by atoms with Crippen molar-refractivity contribution in [2.75, 3.05) is 4.72 Å². The molecule has 0 fully saturated rings. The molecule has 0 amide bonds. The Labute approximate surface area is 111 Å². The Morgan fingerprint density at radius 1 is 1.26 bits per heavy atom. The van der Waals surface area contributed by atoms with Crippen LogP contribution in [0, 0.1) is 0 Å². The third-order valence-electron chi connectivity index (χ3n) is 2.63. The first-order valence-electron chi connectivity index (χ1n) is 5.69. The average molecular weight is 281 g/mol. The normalized spacial score (nSPS) is 13.2. The zero-order valence-electron chi connectivity index (χ0n) is 10.6. The van der Waals surface area contributed by atoms with Crippen LogP contribution in [0.3, 0.4) is 0 Å². The van der Waals surface area contributed by atoms with Crippen LogP contribution in [0.4, 0.5) is 5.82 Å². The van der Waals surface area contributed by atoms with Crippen molar-refractivity contribution in [3.63, 3.8) is 0 Å². The lowest BCUT2D eigenvalue weighted by Gasteiger charge is -2.08. The van der Waals surface area contributed by atoms with Gasteiger partial charge in [-0.25, -0.2) is 8.42 Å². The van der Waals surface area contributed by atoms with E-state index in [1.165, 1.54) is 16.8 Å². The number of aliphatic hydroxyl groups is 1. The van der Waals surface area contributed by atoms with Crippen molar-refractivity contribution in [1.82, 2.24) is 9.78 Å². The van der Waals surface area contributed by atoms with Crippen LogP contribution in [0.25, 0.3) is 0 Å². The van der Waals surface area contributed by atoms with Gasteiger partial charge in [0.15, 0.2) is 5.82 Å². The summed E-state index contributed by atoms with van der Waals surface area (Å²) in [5.41, 5.74) is 0.664. The fraction of sp³-hybridized carbons (Fsp3) is 0.250. The van der Waals surface area contributed by atoms with Gasteiger partial charge >= 0.3 is 0 Å². The summed E-state index contributed by atoms with van der Waals surface area (Å²) in [5.74, 6) is 0.266. The molecule has 0 aliphatic heterocycles. The van der Waals surface area contributed by atoms with Gasteiger partial charge in [-0.05, 0) is 24.6 Å². The Morgan fingerprint density at radius 2 is 1.89 bits per heavy atom. The molecule has 1 aromatic heterocycles. The number of aromatic nitrogens is 2. The minimum Gasteiger partial charge on any atom is -0.389 e. The Hall–Kier alpha value is -1.86. The van der Waals surface area contributed by atoms with Gasteiger partial charge in [0.1, 0.15) is 0 Å². The molecule has 0 radical (unpaired) electrons. The summed E-state index contributed by atoms with van der Waals surface area (Å²) in [5, 5.41) is 13.3. The summed E-state index contributed by atoms with van der Waals surface area (Å²) < 4.78 is 28.0. The van der Waals surface area contributed by atoms with E-state index >= 15 is 0 Å². The smallest absolute Gasteiger partial charge is 0.263 e. The number of rotatable bonds is 4. The molecule has 6 nitrogen and oxygen atoms in total. The van der Waals surface area contributed by atoms with Crippen LogP contribution < -0.4 is 4.72 Å². The largest absolute Gasteiger partial charge is 0.389 e. The fourth-order valence-corrected chi connectivity index (χ4v) is 2.59. The van der Waals surface area contributed by atoms with Gasteiger partial charge < -0.3 is 5.11 Å². The molecule has 1 unspecified atom stereocenters. The number of benzene rings is 1. The van der Waals surface area contributed by atoms with Crippen molar-refractivity contribution < 1.29 is 13.5 Å². The van der Waals surface area contributed by atoms with E-state index in [1.807, 2.05) is 0 Å². The second kappa shape index (κ2) is 5.02. The summed E-state index contributed by atoms with van der Waals surface area (Å²) in [6.45, 7) is 1.62. The number of hydrogen-bond donors (Lipinski definition) is 2. The maximum absolute atomic E-state index is 12.1. The van der Waals surface area contributed by atoms with E-state index in [0.717, 1.165) is 0 Å². The van der Waals surface area contributed by atoms with E-state index in [4.69, 9.17) is 0 Å². The van der Waals surface area contributed by atoms with Gasteiger partial charge in [-0.3, -0.25) is 9.40 Å². The summed E-state index contributed by atoms with van der Waals surface area (Å²) >= 11 is 0. The van der Waals surface area contributed by atoms with Crippen molar-refractivity contribution >= 4 is 15.8 Å². The van der Waals surface area contributed by atoms with Crippen LogP contribution >= 0.6 is 0 Å². The highest BCUT2D eigenvalue weighted by molar-refractivity contribution is 7.92. The van der Waals surface area contributed by atoms with Crippen molar-refractivity contribution in [2.24, 2.45) is 7.05 Å². The van der Waals surface area contributed by atoms with Gasteiger partial charge in [0, 0.05) is 19.3 Å². The standard InChI is InChI=1S/C12H15N3O3S/c1-9(16)10-3-5-11(6-4-10)19(17,18)14-12-7-8-15(2)13-12/h3-9,16H,1-2H3,(H,13,14). The third kappa shape index (κ3) is 3.12. The Kier molecular flexibility index (Phi) is 3.59. The zero-order valence-corrected chi connectivity index (χ0v) is 11.4. The van der Waals surface area contributed by atoms with E-state index < -0.39 is 16.1 Å². The zero-order chi connectivity index (χ0) is 14.0. The first-order chi connectivity index (χ1) is 8.88. The van der Waals surface area contributed by atoms with E-state index in [9.17, 15) is 13.5 Å². The van der Waals surface area contributed by atoms with Crippen molar-refractivity contribution in [1.29, 1.82) is 0 Å². The first kappa shape index (κ1) is 13.6. The topological polar surface area (TPSA) is 84.2 Å².